The summed E-state index contributed by atoms with van der Waals surface area (Å²) >= 11 is 0. The van der Waals surface area contributed by atoms with Crippen LogP contribution in [0, 0.1) is 6.92 Å². The van der Waals surface area contributed by atoms with Crippen LogP contribution in [0.2, 0.25) is 0 Å². The molecule has 5 heteroatoms. The summed E-state index contributed by atoms with van der Waals surface area (Å²) in [7, 11) is 1.66. The number of fused-ring (bicyclic) bond motifs is 1. The number of morpholine rings is 1. The van der Waals surface area contributed by atoms with Gasteiger partial charge < -0.3 is 19.5 Å². The minimum Gasteiger partial charge on any atom is -0.507 e. The van der Waals surface area contributed by atoms with Gasteiger partial charge in [0.05, 0.1) is 25.8 Å². The van der Waals surface area contributed by atoms with E-state index in [1.54, 1.807) is 37.1 Å². The number of carbonyl (C=O) groups is 1. The first-order valence-electron chi connectivity index (χ1n) is 9.34. The van der Waals surface area contributed by atoms with Crippen molar-refractivity contribution in [2.24, 2.45) is 0 Å². The van der Waals surface area contributed by atoms with E-state index in [1.807, 2.05) is 30.3 Å². The van der Waals surface area contributed by atoms with Crippen LogP contribution >= 0.6 is 0 Å². The second kappa shape index (κ2) is 7.52. The van der Waals surface area contributed by atoms with Crippen molar-refractivity contribution in [3.63, 3.8) is 0 Å². The molecule has 1 fully saturated rings. The zero-order chi connectivity index (χ0) is 19.7. The quantitative estimate of drug-likeness (QED) is 0.747. The maximum Gasteiger partial charge on any atom is 0.257 e. The molecule has 0 saturated carbocycles. The van der Waals surface area contributed by atoms with Crippen molar-refractivity contribution in [2.45, 2.75) is 13.0 Å². The third kappa shape index (κ3) is 3.41. The van der Waals surface area contributed by atoms with Gasteiger partial charge in [-0.15, -0.1) is 0 Å². The molecule has 144 valence electrons. The highest BCUT2D eigenvalue weighted by molar-refractivity contribution is 5.97. The number of rotatable bonds is 3. The third-order valence-electron chi connectivity index (χ3n) is 5.27. The number of benzene rings is 3. The van der Waals surface area contributed by atoms with Crippen LogP contribution in [0.3, 0.4) is 0 Å². The molecule has 4 rings (SSSR count). The van der Waals surface area contributed by atoms with Gasteiger partial charge in [0.25, 0.3) is 5.91 Å². The van der Waals surface area contributed by atoms with Gasteiger partial charge >= 0.3 is 0 Å². The molecule has 0 radical (unpaired) electrons. The Morgan fingerprint density at radius 3 is 2.75 bits per heavy atom. The molecule has 0 spiro atoms. The summed E-state index contributed by atoms with van der Waals surface area (Å²) < 4.78 is 11.2. The number of phenols is 1. The van der Waals surface area contributed by atoms with Crippen LogP contribution in [-0.2, 0) is 4.74 Å². The number of nitrogens with zero attached hydrogens (tertiary/aromatic N) is 1. The number of hydrogen-bond acceptors (Lipinski definition) is 4. The summed E-state index contributed by atoms with van der Waals surface area (Å²) in [6, 6.07) is 17.4. The Labute approximate surface area is 164 Å². The number of aromatic hydroxyl groups is 1. The van der Waals surface area contributed by atoms with E-state index in [0.29, 0.717) is 30.8 Å². The van der Waals surface area contributed by atoms with Crippen molar-refractivity contribution in [3.8, 4) is 11.5 Å². The van der Waals surface area contributed by atoms with Crippen LogP contribution in [0.5, 0.6) is 11.5 Å². The summed E-state index contributed by atoms with van der Waals surface area (Å²) in [6.45, 7) is 3.21. The van der Waals surface area contributed by atoms with Crippen LogP contribution in [0.1, 0.15) is 27.6 Å². The van der Waals surface area contributed by atoms with Gasteiger partial charge in [0.1, 0.15) is 17.6 Å². The Morgan fingerprint density at radius 1 is 1.14 bits per heavy atom. The summed E-state index contributed by atoms with van der Waals surface area (Å²) in [5.74, 6) is 0.708. The van der Waals surface area contributed by atoms with E-state index in [2.05, 4.69) is 6.07 Å². The fraction of sp³-hybridized carbons (Fsp3) is 0.261. The number of ether oxygens (including phenoxy) is 2. The predicted molar refractivity (Wildman–Crippen MR) is 108 cm³/mol. The molecule has 0 aromatic heterocycles. The zero-order valence-electron chi connectivity index (χ0n) is 16.0. The van der Waals surface area contributed by atoms with E-state index in [0.717, 1.165) is 22.1 Å². The molecule has 5 nitrogen and oxygen atoms in total. The first-order chi connectivity index (χ1) is 13.6. The molecule has 1 aliphatic heterocycles. The van der Waals surface area contributed by atoms with Crippen LogP contribution in [0.4, 0.5) is 0 Å². The molecule has 28 heavy (non-hydrogen) atoms. The number of aryl methyl sites for hydroxylation is 1. The Kier molecular flexibility index (Phi) is 4.92. The van der Waals surface area contributed by atoms with E-state index in [4.69, 9.17) is 9.47 Å². The second-order valence-electron chi connectivity index (χ2n) is 7.05. The number of hydrogen-bond donors (Lipinski definition) is 1. The normalized spacial score (nSPS) is 16.9. The smallest absolute Gasteiger partial charge is 0.257 e. The van der Waals surface area contributed by atoms with Crippen LogP contribution in [-0.4, -0.2) is 42.7 Å². The van der Waals surface area contributed by atoms with E-state index in [-0.39, 0.29) is 17.8 Å². The lowest BCUT2D eigenvalue weighted by Crippen LogP contribution is -2.42. The summed E-state index contributed by atoms with van der Waals surface area (Å²) in [5.41, 5.74) is 2.07. The van der Waals surface area contributed by atoms with Gasteiger partial charge in [-0.1, -0.05) is 30.3 Å². The SMILES string of the molecule is COc1ccc2cc([C@H]3CN(C(=O)c4cccc(C)c4O)CCO3)ccc2c1. The van der Waals surface area contributed by atoms with Crippen molar-refractivity contribution in [3.05, 3.63) is 71.3 Å². The van der Waals surface area contributed by atoms with Crippen molar-refractivity contribution in [2.75, 3.05) is 26.8 Å². The average molecular weight is 377 g/mol. The molecule has 1 saturated heterocycles. The highest BCUT2D eigenvalue weighted by atomic mass is 16.5. The Hall–Kier alpha value is -3.05. The van der Waals surface area contributed by atoms with Crippen molar-refractivity contribution in [1.29, 1.82) is 0 Å². The van der Waals surface area contributed by atoms with Gasteiger partial charge in [0, 0.05) is 6.54 Å². The molecule has 3 aromatic carbocycles. The highest BCUT2D eigenvalue weighted by Crippen LogP contribution is 2.29. The summed E-state index contributed by atoms with van der Waals surface area (Å²) in [5, 5.41) is 12.4. The first kappa shape index (κ1) is 18.3. The number of methoxy groups -OCH3 is 1. The standard InChI is InChI=1S/C23H23NO4/c1-15-4-3-5-20(22(15)25)23(26)24-10-11-28-21(14-24)18-7-6-17-13-19(27-2)9-8-16(17)12-18/h3-9,12-13,21,25H,10-11,14H2,1-2H3/t21-/m1/s1. The molecule has 0 aliphatic carbocycles. The van der Waals surface area contributed by atoms with E-state index >= 15 is 0 Å². The Morgan fingerprint density at radius 2 is 1.93 bits per heavy atom. The molecule has 0 bridgehead atoms. The van der Waals surface area contributed by atoms with Gasteiger partial charge in [0.15, 0.2) is 0 Å². The monoisotopic (exact) mass is 377 g/mol. The largest absolute Gasteiger partial charge is 0.507 e. The van der Waals surface area contributed by atoms with Gasteiger partial charge in [0.2, 0.25) is 0 Å². The maximum absolute atomic E-state index is 12.9. The minimum atomic E-state index is -0.198. The molecule has 1 amide bonds. The third-order valence-corrected chi connectivity index (χ3v) is 5.27. The number of phenolic OH excluding ortho intramolecular Hbond substituents is 1. The van der Waals surface area contributed by atoms with Gasteiger partial charge in [-0.2, -0.15) is 0 Å². The number of para-hydroxylation sites is 1. The van der Waals surface area contributed by atoms with E-state index < -0.39 is 0 Å². The Bertz CT molecular complexity index is 1030. The predicted octanol–water partition coefficient (Wildman–Crippen LogP) is 4.08. The topological polar surface area (TPSA) is 59.0 Å². The average Bonchev–Trinajstić information content (AvgIpc) is 2.74. The van der Waals surface area contributed by atoms with E-state index in [9.17, 15) is 9.90 Å². The highest BCUT2D eigenvalue weighted by Gasteiger charge is 2.27. The Balaban J connectivity index is 1.57. The lowest BCUT2D eigenvalue weighted by molar-refractivity contribution is -0.0228. The van der Waals surface area contributed by atoms with Gasteiger partial charge in [-0.05, 0) is 53.1 Å². The van der Waals surface area contributed by atoms with Gasteiger partial charge in [-0.25, -0.2) is 0 Å². The minimum absolute atomic E-state index is 0.0511. The fourth-order valence-electron chi connectivity index (χ4n) is 3.61. The summed E-state index contributed by atoms with van der Waals surface area (Å²) in [6.07, 6.45) is -0.198. The second-order valence-corrected chi connectivity index (χ2v) is 7.05. The van der Waals surface area contributed by atoms with Crippen LogP contribution in [0.25, 0.3) is 10.8 Å². The van der Waals surface area contributed by atoms with Gasteiger partial charge in [-0.3, -0.25) is 4.79 Å². The van der Waals surface area contributed by atoms with Crippen LogP contribution < -0.4 is 4.74 Å². The van der Waals surface area contributed by atoms with E-state index in [1.165, 1.54) is 0 Å². The molecule has 3 aromatic rings. The fourth-order valence-corrected chi connectivity index (χ4v) is 3.61. The summed E-state index contributed by atoms with van der Waals surface area (Å²) in [4.78, 5) is 14.7. The molecular formula is C23H23NO4. The number of carbonyl (C=O) groups excluding carboxylic acids is 1. The van der Waals surface area contributed by atoms with Crippen molar-refractivity contribution >= 4 is 16.7 Å². The molecule has 1 heterocycles. The number of amides is 1. The zero-order valence-corrected chi connectivity index (χ0v) is 16.0. The molecule has 1 atom stereocenters. The first-order valence-corrected chi connectivity index (χ1v) is 9.34. The van der Waals surface area contributed by atoms with Crippen molar-refractivity contribution in [1.82, 2.24) is 4.90 Å². The maximum atomic E-state index is 12.9. The molecule has 0 unspecified atom stereocenters. The molecule has 1 aliphatic rings. The lowest BCUT2D eigenvalue weighted by Gasteiger charge is -2.33. The van der Waals surface area contributed by atoms with Crippen molar-refractivity contribution < 1.29 is 19.4 Å². The molecule has 1 N–H and O–H groups in total. The van der Waals surface area contributed by atoms with Crippen LogP contribution in [0.15, 0.2) is 54.6 Å². The molecular weight excluding hydrogens is 354 g/mol. The lowest BCUT2D eigenvalue weighted by atomic mass is 10.0.